The minimum Gasteiger partial charge on any atom is -0.481 e. The van der Waals surface area contributed by atoms with Crippen molar-refractivity contribution in [3.8, 4) is 0 Å². The quantitative estimate of drug-likeness (QED) is 0.791. The molecule has 1 aliphatic heterocycles. The van der Waals surface area contributed by atoms with Crippen LogP contribution in [0.4, 0.5) is 0 Å². The average Bonchev–Trinajstić information content (AvgIpc) is 3.22. The Labute approximate surface area is 143 Å². The summed E-state index contributed by atoms with van der Waals surface area (Å²) in [6.45, 7) is 2.07. The highest BCUT2D eigenvalue weighted by atomic mass is 32.1. The lowest BCUT2D eigenvalue weighted by Gasteiger charge is -2.16. The number of hydrogen-bond acceptors (Lipinski definition) is 5. The number of carboxylic acids is 1. The Morgan fingerprint density at radius 1 is 1.12 bits per heavy atom. The van der Waals surface area contributed by atoms with Gasteiger partial charge >= 0.3 is 5.97 Å². The van der Waals surface area contributed by atoms with E-state index >= 15 is 0 Å². The van der Waals surface area contributed by atoms with Gasteiger partial charge in [0.1, 0.15) is 11.0 Å². The van der Waals surface area contributed by atoms with Crippen LogP contribution in [0.2, 0.25) is 0 Å². The number of likely N-dealkylation sites (tertiary alicyclic amines) is 1. The molecule has 0 spiro atoms. The topological polar surface area (TPSA) is 66.3 Å². The molecule has 3 aromatic rings. The van der Waals surface area contributed by atoms with Gasteiger partial charge in [-0.05, 0) is 23.3 Å². The standard InChI is InChI=1S/C18H17N3O2S/c22-18(23)15-11-21(10-14(15)13-4-2-1-3-5-13)9-12-6-7-16-17(8-12)20-24-19-16/h1-8,14-15H,9-11H2,(H,22,23)/t14-,15+/m0/s1. The summed E-state index contributed by atoms with van der Waals surface area (Å²) >= 11 is 1.21. The lowest BCUT2D eigenvalue weighted by Crippen LogP contribution is -2.23. The molecule has 122 valence electrons. The van der Waals surface area contributed by atoms with Crippen LogP contribution < -0.4 is 0 Å². The Hall–Kier alpha value is -2.31. The largest absolute Gasteiger partial charge is 0.481 e. The molecule has 0 aliphatic carbocycles. The van der Waals surface area contributed by atoms with E-state index in [4.69, 9.17) is 0 Å². The van der Waals surface area contributed by atoms with Crippen molar-refractivity contribution < 1.29 is 9.90 Å². The van der Waals surface area contributed by atoms with Gasteiger partial charge in [-0.3, -0.25) is 9.69 Å². The van der Waals surface area contributed by atoms with Crippen molar-refractivity contribution in [2.45, 2.75) is 12.5 Å². The Kier molecular flexibility index (Phi) is 4.00. The lowest BCUT2D eigenvalue weighted by atomic mass is 9.89. The summed E-state index contributed by atoms with van der Waals surface area (Å²) in [6, 6.07) is 16.0. The zero-order chi connectivity index (χ0) is 16.5. The van der Waals surface area contributed by atoms with E-state index in [1.807, 2.05) is 42.5 Å². The van der Waals surface area contributed by atoms with Gasteiger partial charge in [0, 0.05) is 25.6 Å². The molecule has 2 heterocycles. The molecule has 0 saturated carbocycles. The van der Waals surface area contributed by atoms with Gasteiger partial charge in [0.15, 0.2) is 0 Å². The molecule has 0 amide bonds. The van der Waals surface area contributed by atoms with E-state index in [1.54, 1.807) is 0 Å². The Balaban J connectivity index is 1.55. The van der Waals surface area contributed by atoms with Gasteiger partial charge in [0.25, 0.3) is 0 Å². The van der Waals surface area contributed by atoms with Crippen LogP contribution in [0.5, 0.6) is 0 Å². The summed E-state index contributed by atoms with van der Waals surface area (Å²) in [5.74, 6) is -1.05. The average molecular weight is 339 g/mol. The molecule has 1 aliphatic rings. The molecule has 2 atom stereocenters. The summed E-state index contributed by atoms with van der Waals surface area (Å²) in [5.41, 5.74) is 4.07. The van der Waals surface area contributed by atoms with Crippen molar-refractivity contribution in [1.29, 1.82) is 0 Å². The number of carboxylic acid groups (broad SMARTS) is 1. The fourth-order valence-electron chi connectivity index (χ4n) is 3.49. The molecule has 0 radical (unpaired) electrons. The zero-order valence-corrected chi connectivity index (χ0v) is 13.8. The van der Waals surface area contributed by atoms with Crippen LogP contribution in [0.3, 0.4) is 0 Å². The maximum Gasteiger partial charge on any atom is 0.308 e. The molecular weight excluding hydrogens is 322 g/mol. The van der Waals surface area contributed by atoms with Crippen molar-refractivity contribution in [3.63, 3.8) is 0 Å². The van der Waals surface area contributed by atoms with Crippen LogP contribution in [0.25, 0.3) is 11.0 Å². The normalized spacial score (nSPS) is 21.3. The van der Waals surface area contributed by atoms with Crippen molar-refractivity contribution in [1.82, 2.24) is 13.6 Å². The van der Waals surface area contributed by atoms with Crippen molar-refractivity contribution in [3.05, 3.63) is 59.7 Å². The summed E-state index contributed by atoms with van der Waals surface area (Å²) in [4.78, 5) is 13.9. The van der Waals surface area contributed by atoms with Gasteiger partial charge in [-0.1, -0.05) is 36.4 Å². The maximum atomic E-state index is 11.7. The van der Waals surface area contributed by atoms with E-state index in [9.17, 15) is 9.90 Å². The first kappa shape index (κ1) is 15.2. The van der Waals surface area contributed by atoms with E-state index in [1.165, 1.54) is 11.7 Å². The van der Waals surface area contributed by atoms with Crippen molar-refractivity contribution in [2.75, 3.05) is 13.1 Å². The highest BCUT2D eigenvalue weighted by Gasteiger charge is 2.38. The van der Waals surface area contributed by atoms with Crippen LogP contribution in [-0.2, 0) is 11.3 Å². The smallest absolute Gasteiger partial charge is 0.308 e. The Morgan fingerprint density at radius 2 is 1.92 bits per heavy atom. The molecule has 1 saturated heterocycles. The molecule has 5 nitrogen and oxygen atoms in total. The molecule has 24 heavy (non-hydrogen) atoms. The number of benzene rings is 2. The minimum atomic E-state index is -0.717. The van der Waals surface area contributed by atoms with E-state index < -0.39 is 5.97 Å². The molecule has 4 rings (SSSR count). The van der Waals surface area contributed by atoms with Gasteiger partial charge in [-0.2, -0.15) is 8.75 Å². The molecule has 0 unspecified atom stereocenters. The van der Waals surface area contributed by atoms with Gasteiger partial charge < -0.3 is 5.11 Å². The Bertz CT molecular complexity index is 865. The predicted octanol–water partition coefficient (Wildman–Crippen LogP) is 2.99. The second-order valence-corrected chi connectivity index (χ2v) is 6.77. The SMILES string of the molecule is O=C(O)[C@@H]1CN(Cc2ccc3nsnc3c2)C[C@H]1c1ccccc1. The van der Waals surface area contributed by atoms with Gasteiger partial charge in [-0.25, -0.2) is 0 Å². The second-order valence-electron chi connectivity index (χ2n) is 6.24. The first-order valence-corrected chi connectivity index (χ1v) is 8.65. The van der Waals surface area contributed by atoms with Gasteiger partial charge in [-0.15, -0.1) is 0 Å². The number of aliphatic carboxylic acids is 1. The maximum absolute atomic E-state index is 11.7. The highest BCUT2D eigenvalue weighted by molar-refractivity contribution is 7.00. The monoisotopic (exact) mass is 339 g/mol. The predicted molar refractivity (Wildman–Crippen MR) is 93.0 cm³/mol. The van der Waals surface area contributed by atoms with Gasteiger partial charge in [0.05, 0.1) is 17.6 Å². The van der Waals surface area contributed by atoms with Crippen molar-refractivity contribution in [2.24, 2.45) is 5.92 Å². The number of carbonyl (C=O) groups is 1. The summed E-state index contributed by atoms with van der Waals surface area (Å²) in [6.07, 6.45) is 0. The second kappa shape index (κ2) is 6.30. The number of nitrogens with zero attached hydrogens (tertiary/aromatic N) is 3. The van der Waals surface area contributed by atoms with E-state index in [2.05, 4.69) is 19.7 Å². The molecule has 1 fully saturated rings. The van der Waals surface area contributed by atoms with E-state index in [-0.39, 0.29) is 11.8 Å². The van der Waals surface area contributed by atoms with Crippen LogP contribution in [0.1, 0.15) is 17.0 Å². The summed E-state index contributed by atoms with van der Waals surface area (Å²) < 4.78 is 8.50. The molecule has 1 aromatic heterocycles. The lowest BCUT2D eigenvalue weighted by molar-refractivity contribution is -0.141. The fraction of sp³-hybridized carbons (Fsp3) is 0.278. The highest BCUT2D eigenvalue weighted by Crippen LogP contribution is 2.33. The number of aromatic nitrogens is 2. The molecule has 1 N–H and O–H groups in total. The molecular formula is C18H17N3O2S. The third-order valence-electron chi connectivity index (χ3n) is 4.66. The first-order valence-electron chi connectivity index (χ1n) is 7.92. The van der Waals surface area contributed by atoms with Crippen LogP contribution >= 0.6 is 11.7 Å². The van der Waals surface area contributed by atoms with Crippen LogP contribution in [0, 0.1) is 5.92 Å². The van der Waals surface area contributed by atoms with Gasteiger partial charge in [0.2, 0.25) is 0 Å². The first-order chi connectivity index (χ1) is 11.7. The number of hydrogen-bond donors (Lipinski definition) is 1. The van der Waals surface area contributed by atoms with Crippen LogP contribution in [-0.4, -0.2) is 37.8 Å². The third kappa shape index (κ3) is 2.90. The fourth-order valence-corrected chi connectivity index (χ4v) is 4.00. The molecule has 0 bridgehead atoms. The number of rotatable bonds is 4. The minimum absolute atomic E-state index is 0.0355. The van der Waals surface area contributed by atoms with Crippen molar-refractivity contribution >= 4 is 28.7 Å². The van der Waals surface area contributed by atoms with E-state index in [0.717, 1.165) is 35.2 Å². The number of fused-ring (bicyclic) bond motifs is 1. The van der Waals surface area contributed by atoms with E-state index in [0.29, 0.717) is 6.54 Å². The molecule has 6 heteroatoms. The Morgan fingerprint density at radius 3 is 2.71 bits per heavy atom. The summed E-state index contributed by atoms with van der Waals surface area (Å²) in [5, 5.41) is 9.60. The zero-order valence-electron chi connectivity index (χ0n) is 13.0. The van der Waals surface area contributed by atoms with Crippen LogP contribution in [0.15, 0.2) is 48.5 Å². The third-order valence-corrected chi connectivity index (χ3v) is 5.22. The molecule has 2 aromatic carbocycles. The summed E-state index contributed by atoms with van der Waals surface area (Å²) in [7, 11) is 0.